The van der Waals surface area contributed by atoms with Gasteiger partial charge in [-0.1, -0.05) is 55.8 Å². The number of sulfonamides is 1. The summed E-state index contributed by atoms with van der Waals surface area (Å²) in [5.41, 5.74) is 0.767. The van der Waals surface area contributed by atoms with Gasteiger partial charge in [0, 0.05) is 19.6 Å². The highest BCUT2D eigenvalue weighted by Gasteiger charge is 2.34. The third-order valence-corrected chi connectivity index (χ3v) is 7.44. The van der Waals surface area contributed by atoms with Gasteiger partial charge in [0.15, 0.2) is 0 Å². The van der Waals surface area contributed by atoms with Gasteiger partial charge < -0.3 is 10.2 Å². The fraction of sp³-hybridized carbons (Fsp3) is 0.440. The number of piperidine rings is 1. The molecule has 2 aromatic rings. The zero-order valence-corrected chi connectivity index (χ0v) is 20.2. The minimum atomic E-state index is -4.29. The van der Waals surface area contributed by atoms with Gasteiger partial charge in [0.2, 0.25) is 21.8 Å². The molecule has 9 heteroatoms. The third kappa shape index (κ3) is 6.87. The number of carbonyl (C=O) groups is 2. The second-order valence-corrected chi connectivity index (χ2v) is 10.2. The van der Waals surface area contributed by atoms with Gasteiger partial charge in [-0.3, -0.25) is 9.59 Å². The van der Waals surface area contributed by atoms with Crippen LogP contribution >= 0.6 is 0 Å². The van der Waals surface area contributed by atoms with Crippen LogP contribution in [0.3, 0.4) is 0 Å². The van der Waals surface area contributed by atoms with E-state index >= 15 is 0 Å². The average molecular weight is 490 g/mol. The zero-order valence-electron chi connectivity index (χ0n) is 19.4. The van der Waals surface area contributed by atoms with Crippen LogP contribution in [0.25, 0.3) is 0 Å². The Labute approximate surface area is 200 Å². The molecule has 0 saturated carbocycles. The summed E-state index contributed by atoms with van der Waals surface area (Å²) in [5.74, 6) is -1.73. The summed E-state index contributed by atoms with van der Waals surface area (Å²) in [5, 5.41) is 2.92. The molecule has 0 radical (unpaired) electrons. The molecule has 1 heterocycles. The van der Waals surface area contributed by atoms with Gasteiger partial charge >= 0.3 is 0 Å². The predicted octanol–water partition coefficient (Wildman–Crippen LogP) is 2.87. The van der Waals surface area contributed by atoms with Crippen LogP contribution in [-0.4, -0.2) is 50.8 Å². The second kappa shape index (κ2) is 12.1. The van der Waals surface area contributed by atoms with Crippen LogP contribution in [0.15, 0.2) is 59.5 Å². The Balaban J connectivity index is 1.79. The smallest absolute Gasteiger partial charge is 0.244 e. The summed E-state index contributed by atoms with van der Waals surface area (Å²) >= 11 is 0. The van der Waals surface area contributed by atoms with Gasteiger partial charge in [0.05, 0.1) is 5.92 Å². The molecule has 2 atom stereocenters. The molecule has 1 aliphatic rings. The van der Waals surface area contributed by atoms with E-state index in [1.807, 2.05) is 13.0 Å². The van der Waals surface area contributed by atoms with E-state index < -0.39 is 32.7 Å². The van der Waals surface area contributed by atoms with E-state index in [2.05, 4.69) is 10.0 Å². The van der Waals surface area contributed by atoms with Crippen LogP contribution in [0.2, 0.25) is 0 Å². The predicted molar refractivity (Wildman–Crippen MR) is 128 cm³/mol. The first kappa shape index (κ1) is 25.8. The number of unbranched alkanes of at least 4 members (excludes halogenated alkanes) is 1. The number of carbonyl (C=O) groups excluding carboxylic acids is 2. The van der Waals surface area contributed by atoms with Crippen molar-refractivity contribution in [3.05, 3.63) is 66.0 Å². The maximum Gasteiger partial charge on any atom is 0.244 e. The lowest BCUT2D eigenvalue weighted by Crippen LogP contribution is -2.53. The zero-order chi connectivity index (χ0) is 24.6. The SMILES string of the molecule is CCCCNC(=O)C1CCCN(C(=O)C(Cc2ccccc2)NS(=O)(=O)c2ccccc2F)C1. The van der Waals surface area contributed by atoms with Gasteiger partial charge in [-0.05, 0) is 43.4 Å². The maximum atomic E-state index is 14.2. The first-order valence-electron chi connectivity index (χ1n) is 11.7. The van der Waals surface area contributed by atoms with E-state index in [-0.39, 0.29) is 24.8 Å². The lowest BCUT2D eigenvalue weighted by Gasteiger charge is -2.34. The molecular formula is C25H32FN3O4S. The number of nitrogens with zero attached hydrogens (tertiary/aromatic N) is 1. The van der Waals surface area contributed by atoms with Crippen molar-refractivity contribution in [1.82, 2.24) is 14.9 Å². The van der Waals surface area contributed by atoms with Crippen LogP contribution in [0.1, 0.15) is 38.2 Å². The van der Waals surface area contributed by atoms with Crippen molar-refractivity contribution in [2.45, 2.75) is 50.0 Å². The van der Waals surface area contributed by atoms with Gasteiger partial charge in [0.1, 0.15) is 16.8 Å². The highest BCUT2D eigenvalue weighted by molar-refractivity contribution is 7.89. The van der Waals surface area contributed by atoms with Crippen molar-refractivity contribution in [3.8, 4) is 0 Å². The molecule has 0 aliphatic carbocycles. The lowest BCUT2D eigenvalue weighted by molar-refractivity contribution is -0.137. The molecule has 0 aromatic heterocycles. The van der Waals surface area contributed by atoms with Crippen molar-refractivity contribution < 1.29 is 22.4 Å². The molecule has 0 bridgehead atoms. The van der Waals surface area contributed by atoms with Gasteiger partial charge in [-0.15, -0.1) is 0 Å². The summed E-state index contributed by atoms with van der Waals surface area (Å²) in [6.07, 6.45) is 3.29. The fourth-order valence-electron chi connectivity index (χ4n) is 4.09. The Morgan fingerprint density at radius 3 is 2.53 bits per heavy atom. The van der Waals surface area contributed by atoms with Crippen molar-refractivity contribution in [1.29, 1.82) is 0 Å². The molecule has 0 spiro atoms. The van der Waals surface area contributed by atoms with Gasteiger partial charge in [0.25, 0.3) is 0 Å². The summed E-state index contributed by atoms with van der Waals surface area (Å²) in [4.78, 5) is 27.1. The molecule has 2 unspecified atom stereocenters. The van der Waals surface area contributed by atoms with Crippen molar-refractivity contribution in [2.24, 2.45) is 5.92 Å². The monoisotopic (exact) mass is 489 g/mol. The van der Waals surface area contributed by atoms with Crippen molar-refractivity contribution >= 4 is 21.8 Å². The minimum Gasteiger partial charge on any atom is -0.356 e. The Kier molecular flexibility index (Phi) is 9.18. The Hall–Kier alpha value is -2.78. The average Bonchev–Trinajstić information content (AvgIpc) is 2.84. The largest absolute Gasteiger partial charge is 0.356 e. The quantitative estimate of drug-likeness (QED) is 0.502. The maximum absolute atomic E-state index is 14.2. The second-order valence-electron chi connectivity index (χ2n) is 8.56. The van der Waals surface area contributed by atoms with Crippen LogP contribution in [-0.2, 0) is 26.0 Å². The summed E-state index contributed by atoms with van der Waals surface area (Å²) < 4.78 is 42.6. The number of rotatable bonds is 10. The normalized spacial score (nSPS) is 17.2. The van der Waals surface area contributed by atoms with Crippen molar-refractivity contribution in [3.63, 3.8) is 0 Å². The number of benzene rings is 2. The number of nitrogens with one attached hydrogen (secondary N) is 2. The molecule has 2 N–H and O–H groups in total. The highest BCUT2D eigenvalue weighted by Crippen LogP contribution is 2.20. The van der Waals surface area contributed by atoms with Crippen LogP contribution in [0.4, 0.5) is 4.39 Å². The van der Waals surface area contributed by atoms with Crippen LogP contribution in [0, 0.1) is 11.7 Å². The molecule has 184 valence electrons. The number of amides is 2. The van der Waals surface area contributed by atoms with E-state index in [0.29, 0.717) is 25.9 Å². The minimum absolute atomic E-state index is 0.0857. The third-order valence-electron chi connectivity index (χ3n) is 5.94. The summed E-state index contributed by atoms with van der Waals surface area (Å²) in [7, 11) is -4.29. The number of hydrogen-bond acceptors (Lipinski definition) is 4. The first-order chi connectivity index (χ1) is 16.3. The molecule has 34 heavy (non-hydrogen) atoms. The van der Waals surface area contributed by atoms with Crippen molar-refractivity contribution in [2.75, 3.05) is 19.6 Å². The highest BCUT2D eigenvalue weighted by atomic mass is 32.2. The number of halogens is 1. The topological polar surface area (TPSA) is 95.6 Å². The first-order valence-corrected chi connectivity index (χ1v) is 13.2. The van der Waals surface area contributed by atoms with Gasteiger partial charge in [-0.2, -0.15) is 4.72 Å². The van der Waals surface area contributed by atoms with Crippen LogP contribution < -0.4 is 10.0 Å². The van der Waals surface area contributed by atoms with E-state index in [1.54, 1.807) is 29.2 Å². The van der Waals surface area contributed by atoms with E-state index in [1.165, 1.54) is 18.2 Å². The number of hydrogen-bond donors (Lipinski definition) is 2. The number of likely N-dealkylation sites (tertiary alicyclic amines) is 1. The van der Waals surface area contributed by atoms with Gasteiger partial charge in [-0.25, -0.2) is 12.8 Å². The Bertz CT molecular complexity index is 1080. The molecule has 1 aliphatic heterocycles. The van der Waals surface area contributed by atoms with Crippen LogP contribution in [0.5, 0.6) is 0 Å². The van der Waals surface area contributed by atoms with E-state index in [0.717, 1.165) is 24.5 Å². The Morgan fingerprint density at radius 2 is 1.82 bits per heavy atom. The molecule has 3 rings (SSSR count). The Morgan fingerprint density at radius 1 is 1.12 bits per heavy atom. The molecule has 2 amide bonds. The fourth-order valence-corrected chi connectivity index (χ4v) is 5.36. The van der Waals surface area contributed by atoms with E-state index in [9.17, 15) is 22.4 Å². The molecule has 1 fully saturated rings. The van der Waals surface area contributed by atoms with E-state index in [4.69, 9.17) is 0 Å². The molecular weight excluding hydrogens is 457 g/mol. The standard InChI is InChI=1S/C25H32FN3O4S/c1-2-3-15-27-24(30)20-12-9-16-29(18-20)25(31)22(17-19-10-5-4-6-11-19)28-34(32,33)23-14-8-7-13-21(23)26/h4-8,10-11,13-14,20,22,28H,2-3,9,12,15-18H2,1H3,(H,27,30). The lowest BCUT2D eigenvalue weighted by atomic mass is 9.95. The molecule has 7 nitrogen and oxygen atoms in total. The molecule has 1 saturated heterocycles. The summed E-state index contributed by atoms with van der Waals surface area (Å²) in [6, 6.07) is 13.0. The summed E-state index contributed by atoms with van der Waals surface area (Å²) in [6.45, 7) is 3.30. The molecule has 2 aromatic carbocycles.